The summed E-state index contributed by atoms with van der Waals surface area (Å²) in [6.45, 7) is 0.437. The maximum absolute atomic E-state index is 13.9. The number of imide groups is 1. The summed E-state index contributed by atoms with van der Waals surface area (Å²) in [5.41, 5.74) is -0.426. The first kappa shape index (κ1) is 15.0. The number of halogens is 2. The van der Waals surface area contributed by atoms with E-state index in [2.05, 4.69) is 0 Å². The highest BCUT2D eigenvalue weighted by molar-refractivity contribution is 6.06. The Kier molecular flexibility index (Phi) is 3.29. The van der Waals surface area contributed by atoms with Gasteiger partial charge in [-0.15, -0.1) is 0 Å². The van der Waals surface area contributed by atoms with E-state index in [1.165, 1.54) is 11.0 Å². The molecule has 0 aromatic heterocycles. The number of anilines is 1. The molecule has 1 aromatic rings. The van der Waals surface area contributed by atoms with Gasteiger partial charge < -0.3 is 9.80 Å². The fourth-order valence-corrected chi connectivity index (χ4v) is 3.81. The van der Waals surface area contributed by atoms with Crippen LogP contribution in [0.25, 0.3) is 0 Å². The lowest BCUT2D eigenvalue weighted by molar-refractivity contribution is -0.129. The fraction of sp³-hybridized carbons (Fsp3) is 0.438. The molecule has 0 aliphatic carbocycles. The zero-order valence-corrected chi connectivity index (χ0v) is 12.7. The molecule has 126 valence electrons. The van der Waals surface area contributed by atoms with E-state index in [1.54, 1.807) is 0 Å². The Morgan fingerprint density at radius 3 is 2.46 bits per heavy atom. The predicted molar refractivity (Wildman–Crippen MR) is 79.1 cm³/mol. The molecule has 3 aliphatic heterocycles. The van der Waals surface area contributed by atoms with E-state index in [1.807, 2.05) is 0 Å². The minimum absolute atomic E-state index is 0.0886. The molecule has 3 aliphatic rings. The van der Waals surface area contributed by atoms with Crippen molar-refractivity contribution >= 4 is 23.5 Å². The summed E-state index contributed by atoms with van der Waals surface area (Å²) in [5, 5.41) is 0. The highest BCUT2D eigenvalue weighted by atomic mass is 19.1. The summed E-state index contributed by atoms with van der Waals surface area (Å²) < 4.78 is 27.9. The summed E-state index contributed by atoms with van der Waals surface area (Å²) in [6.07, 6.45) is 1.28. The van der Waals surface area contributed by atoms with E-state index in [9.17, 15) is 23.2 Å². The van der Waals surface area contributed by atoms with Crippen LogP contribution in [0.2, 0.25) is 0 Å². The van der Waals surface area contributed by atoms with E-state index in [0.717, 1.165) is 28.4 Å². The molecular weight excluding hydrogens is 320 g/mol. The van der Waals surface area contributed by atoms with Crippen molar-refractivity contribution in [2.75, 3.05) is 18.0 Å². The molecule has 0 bridgehead atoms. The van der Waals surface area contributed by atoms with E-state index < -0.39 is 41.3 Å². The normalized spacial score (nSPS) is 26.8. The molecule has 6 nitrogen and oxygen atoms in total. The Bertz CT molecular complexity index is 712. The van der Waals surface area contributed by atoms with Crippen LogP contribution in [0.1, 0.15) is 19.3 Å². The Morgan fingerprint density at radius 1 is 1.08 bits per heavy atom. The van der Waals surface area contributed by atoms with Crippen molar-refractivity contribution in [2.24, 2.45) is 0 Å². The predicted octanol–water partition coefficient (Wildman–Crippen LogP) is 1.50. The molecule has 3 fully saturated rings. The van der Waals surface area contributed by atoms with Gasteiger partial charge in [0.25, 0.3) is 5.91 Å². The van der Waals surface area contributed by atoms with Gasteiger partial charge in [-0.1, -0.05) is 6.07 Å². The van der Waals surface area contributed by atoms with E-state index in [4.69, 9.17) is 0 Å². The van der Waals surface area contributed by atoms with E-state index >= 15 is 0 Å². The number of carbonyl (C=O) groups is 3. The first-order valence-corrected chi connectivity index (χ1v) is 7.87. The van der Waals surface area contributed by atoms with Gasteiger partial charge in [0.1, 0.15) is 23.4 Å². The number of urea groups is 1. The zero-order chi connectivity index (χ0) is 17.0. The molecule has 0 N–H and O–H groups in total. The van der Waals surface area contributed by atoms with Crippen molar-refractivity contribution in [3.63, 3.8) is 0 Å². The molecule has 2 unspecified atom stereocenters. The molecule has 8 heteroatoms. The van der Waals surface area contributed by atoms with E-state index in [0.29, 0.717) is 13.0 Å². The van der Waals surface area contributed by atoms with Crippen molar-refractivity contribution in [1.29, 1.82) is 0 Å². The molecule has 24 heavy (non-hydrogen) atoms. The Morgan fingerprint density at radius 2 is 1.79 bits per heavy atom. The minimum atomic E-state index is -0.844. The third kappa shape index (κ3) is 2.02. The van der Waals surface area contributed by atoms with Gasteiger partial charge in [-0.25, -0.2) is 13.6 Å². The third-order valence-corrected chi connectivity index (χ3v) is 4.90. The van der Waals surface area contributed by atoms with Gasteiger partial charge in [-0.3, -0.25) is 14.5 Å². The van der Waals surface area contributed by atoms with E-state index in [-0.39, 0.29) is 18.9 Å². The summed E-state index contributed by atoms with van der Waals surface area (Å²) >= 11 is 0. The number of rotatable bonds is 2. The average Bonchev–Trinajstić information content (AvgIpc) is 3.19. The fourth-order valence-electron chi connectivity index (χ4n) is 3.81. The maximum atomic E-state index is 13.9. The molecule has 0 radical (unpaired) electrons. The number of fused-ring (bicyclic) bond motifs is 1. The number of hydrogen-bond donors (Lipinski definition) is 0. The van der Waals surface area contributed by atoms with Crippen LogP contribution < -0.4 is 4.90 Å². The summed E-state index contributed by atoms with van der Waals surface area (Å²) in [6, 6.07) is 1.81. The molecule has 0 spiro atoms. The highest BCUT2D eigenvalue weighted by Gasteiger charge is 2.52. The van der Waals surface area contributed by atoms with Crippen LogP contribution in [-0.4, -0.2) is 52.8 Å². The monoisotopic (exact) mass is 335 g/mol. The molecule has 0 saturated carbocycles. The second-order valence-electron chi connectivity index (χ2n) is 6.27. The van der Waals surface area contributed by atoms with Crippen LogP contribution in [0.15, 0.2) is 18.2 Å². The van der Waals surface area contributed by atoms with Crippen molar-refractivity contribution in [3.05, 3.63) is 29.8 Å². The van der Waals surface area contributed by atoms with Gasteiger partial charge in [0.15, 0.2) is 0 Å². The minimum Gasteiger partial charge on any atom is -0.312 e. The average molecular weight is 335 g/mol. The van der Waals surface area contributed by atoms with Crippen molar-refractivity contribution in [3.8, 4) is 0 Å². The Labute approximate surface area is 136 Å². The second-order valence-corrected chi connectivity index (χ2v) is 6.27. The molecule has 4 amide bonds. The van der Waals surface area contributed by atoms with Crippen LogP contribution in [0.5, 0.6) is 0 Å². The van der Waals surface area contributed by atoms with Crippen LogP contribution in [0.4, 0.5) is 19.3 Å². The van der Waals surface area contributed by atoms with Gasteiger partial charge in [-0.2, -0.15) is 0 Å². The van der Waals surface area contributed by atoms with Crippen molar-refractivity contribution in [2.45, 2.75) is 31.3 Å². The smallest absolute Gasteiger partial charge is 0.312 e. The largest absolute Gasteiger partial charge is 0.327 e. The zero-order valence-electron chi connectivity index (χ0n) is 12.7. The number of carbonyl (C=O) groups excluding carboxylic acids is 3. The SMILES string of the molecule is O=C1CC(N2C(=O)C3CCCN3C2=O)CN1c1c(F)cccc1F. The lowest BCUT2D eigenvalue weighted by Crippen LogP contribution is -2.43. The Hall–Kier alpha value is -2.51. The molecular formula is C16H15F2N3O3. The first-order valence-electron chi connectivity index (χ1n) is 7.87. The first-order chi connectivity index (χ1) is 11.5. The van der Waals surface area contributed by atoms with Gasteiger partial charge in [0.2, 0.25) is 5.91 Å². The molecule has 4 rings (SSSR count). The number of hydrogen-bond acceptors (Lipinski definition) is 3. The van der Waals surface area contributed by atoms with Gasteiger partial charge in [0.05, 0.1) is 6.04 Å². The van der Waals surface area contributed by atoms with Crippen molar-refractivity contribution < 1.29 is 23.2 Å². The van der Waals surface area contributed by atoms with Gasteiger partial charge >= 0.3 is 6.03 Å². The molecule has 2 atom stereocenters. The number of amides is 4. The lowest BCUT2D eigenvalue weighted by atomic mass is 10.2. The van der Waals surface area contributed by atoms with Crippen LogP contribution in [0.3, 0.4) is 0 Å². The standard InChI is InChI=1S/C16H15F2N3O3/c17-10-3-1-4-11(18)14(10)20-8-9(7-13(20)22)21-15(23)12-5-2-6-19(12)16(21)24/h1,3-4,9,12H,2,5-8H2. The number of para-hydroxylation sites is 1. The number of nitrogens with zero attached hydrogens (tertiary/aromatic N) is 3. The second kappa shape index (κ2) is 5.25. The number of benzene rings is 1. The lowest BCUT2D eigenvalue weighted by Gasteiger charge is -2.23. The van der Waals surface area contributed by atoms with Crippen LogP contribution >= 0.6 is 0 Å². The van der Waals surface area contributed by atoms with Crippen molar-refractivity contribution in [1.82, 2.24) is 9.80 Å². The highest BCUT2D eigenvalue weighted by Crippen LogP contribution is 2.34. The maximum Gasteiger partial charge on any atom is 0.327 e. The Balaban J connectivity index is 1.61. The van der Waals surface area contributed by atoms with Crippen LogP contribution in [0, 0.1) is 11.6 Å². The van der Waals surface area contributed by atoms with Crippen LogP contribution in [-0.2, 0) is 9.59 Å². The van der Waals surface area contributed by atoms with Gasteiger partial charge in [-0.05, 0) is 25.0 Å². The quantitative estimate of drug-likeness (QED) is 0.770. The summed E-state index contributed by atoms with van der Waals surface area (Å²) in [4.78, 5) is 40.7. The summed E-state index contributed by atoms with van der Waals surface area (Å²) in [5.74, 6) is -2.50. The summed E-state index contributed by atoms with van der Waals surface area (Å²) in [7, 11) is 0. The molecule has 1 aromatic carbocycles. The topological polar surface area (TPSA) is 60.9 Å². The van der Waals surface area contributed by atoms with Gasteiger partial charge in [0, 0.05) is 19.5 Å². The molecule has 3 heterocycles. The molecule has 3 saturated heterocycles. The third-order valence-electron chi connectivity index (χ3n) is 4.90.